The monoisotopic (exact) mass is 420 g/mol. The maximum Gasteiger partial charge on any atom is 0.235 e. The molecule has 1 atom stereocenters. The van der Waals surface area contributed by atoms with Crippen molar-refractivity contribution >= 4 is 11.6 Å². The highest BCUT2D eigenvalue weighted by Crippen LogP contribution is 2.42. The molecule has 1 aliphatic carbocycles. The standard InChI is InChI=1S/C27H36N2O2/c1-21-8-7-10-23(20-21)27(15-4-5-16-27)26(30)28-24-11-13-25(14-12-24)31-19-18-29-17-6-3-9-22(29)2/h7-8,10-14,20,22H,3-6,9,15-19H2,1-2H3,(H,28,30). The van der Waals surface area contributed by atoms with Gasteiger partial charge in [-0.05, 0) is 75.9 Å². The van der Waals surface area contributed by atoms with Crippen molar-refractivity contribution < 1.29 is 9.53 Å². The molecule has 1 aliphatic heterocycles. The molecule has 1 N–H and O–H groups in total. The first kappa shape index (κ1) is 21.9. The summed E-state index contributed by atoms with van der Waals surface area (Å²) in [4.78, 5) is 15.9. The second-order valence-electron chi connectivity index (χ2n) is 9.37. The number of aryl methyl sites for hydroxylation is 1. The Balaban J connectivity index is 1.35. The van der Waals surface area contributed by atoms with E-state index in [0.717, 1.165) is 49.2 Å². The summed E-state index contributed by atoms with van der Waals surface area (Å²) in [6.45, 7) is 7.25. The van der Waals surface area contributed by atoms with Crippen LogP contribution >= 0.6 is 0 Å². The van der Waals surface area contributed by atoms with Crippen molar-refractivity contribution in [3.05, 3.63) is 59.7 Å². The molecule has 2 aliphatic rings. The molecule has 4 nitrogen and oxygen atoms in total. The molecule has 2 fully saturated rings. The summed E-state index contributed by atoms with van der Waals surface area (Å²) in [6.07, 6.45) is 7.96. The summed E-state index contributed by atoms with van der Waals surface area (Å²) in [5.41, 5.74) is 2.78. The number of ether oxygens (including phenoxy) is 1. The number of carbonyl (C=O) groups excluding carboxylic acids is 1. The summed E-state index contributed by atoms with van der Waals surface area (Å²) in [6, 6.07) is 16.9. The van der Waals surface area contributed by atoms with E-state index < -0.39 is 5.41 Å². The fraction of sp³-hybridized carbons (Fsp3) is 0.519. The van der Waals surface area contributed by atoms with Crippen molar-refractivity contribution in [2.24, 2.45) is 0 Å². The normalized spacial score (nSPS) is 21.0. The maximum atomic E-state index is 13.4. The van der Waals surface area contributed by atoms with Crippen molar-refractivity contribution in [2.75, 3.05) is 25.0 Å². The number of benzene rings is 2. The van der Waals surface area contributed by atoms with Gasteiger partial charge in [-0.3, -0.25) is 9.69 Å². The SMILES string of the molecule is Cc1cccc(C2(C(=O)Nc3ccc(OCCN4CCCCC4C)cc3)CCCC2)c1. The van der Waals surface area contributed by atoms with Gasteiger partial charge in [0.2, 0.25) is 5.91 Å². The largest absolute Gasteiger partial charge is 0.492 e. The van der Waals surface area contributed by atoms with Crippen LogP contribution in [-0.4, -0.2) is 36.5 Å². The van der Waals surface area contributed by atoms with Crippen LogP contribution in [0.15, 0.2) is 48.5 Å². The van der Waals surface area contributed by atoms with E-state index in [1.54, 1.807) is 0 Å². The third kappa shape index (κ3) is 5.12. The van der Waals surface area contributed by atoms with E-state index in [1.807, 2.05) is 24.3 Å². The number of nitrogens with one attached hydrogen (secondary N) is 1. The molecule has 4 rings (SSSR count). The van der Waals surface area contributed by atoms with E-state index in [2.05, 4.69) is 48.3 Å². The third-order valence-corrected chi connectivity index (χ3v) is 7.16. The van der Waals surface area contributed by atoms with Crippen LogP contribution in [0.25, 0.3) is 0 Å². The zero-order valence-electron chi connectivity index (χ0n) is 19.0. The number of carbonyl (C=O) groups is 1. The molecular weight excluding hydrogens is 384 g/mol. The molecule has 0 aromatic heterocycles. The van der Waals surface area contributed by atoms with Gasteiger partial charge < -0.3 is 10.1 Å². The molecule has 0 bridgehead atoms. The Bertz CT molecular complexity index is 871. The summed E-state index contributed by atoms with van der Waals surface area (Å²) in [5.74, 6) is 0.972. The Morgan fingerprint density at radius 2 is 1.87 bits per heavy atom. The highest BCUT2D eigenvalue weighted by atomic mass is 16.5. The van der Waals surface area contributed by atoms with Crippen molar-refractivity contribution in [1.82, 2.24) is 4.90 Å². The molecule has 2 aromatic carbocycles. The lowest BCUT2D eigenvalue weighted by Crippen LogP contribution is -2.39. The van der Waals surface area contributed by atoms with Gasteiger partial charge in [-0.15, -0.1) is 0 Å². The van der Waals surface area contributed by atoms with E-state index in [4.69, 9.17) is 4.74 Å². The molecule has 1 unspecified atom stereocenters. The number of likely N-dealkylation sites (tertiary alicyclic amines) is 1. The van der Waals surface area contributed by atoms with Crippen LogP contribution < -0.4 is 10.1 Å². The maximum absolute atomic E-state index is 13.4. The van der Waals surface area contributed by atoms with Crippen LogP contribution in [0.2, 0.25) is 0 Å². The summed E-state index contributed by atoms with van der Waals surface area (Å²) >= 11 is 0. The van der Waals surface area contributed by atoms with E-state index in [1.165, 1.54) is 31.4 Å². The van der Waals surface area contributed by atoms with Gasteiger partial charge in [0.15, 0.2) is 0 Å². The van der Waals surface area contributed by atoms with E-state index in [-0.39, 0.29) is 5.91 Å². The fourth-order valence-electron chi connectivity index (χ4n) is 5.22. The zero-order valence-corrected chi connectivity index (χ0v) is 19.0. The molecule has 4 heteroatoms. The molecule has 166 valence electrons. The summed E-state index contributed by atoms with van der Waals surface area (Å²) in [7, 11) is 0. The number of anilines is 1. The molecule has 1 heterocycles. The first-order valence-electron chi connectivity index (χ1n) is 11.9. The predicted molar refractivity (Wildman–Crippen MR) is 127 cm³/mol. The Hall–Kier alpha value is -2.33. The first-order chi connectivity index (χ1) is 15.1. The Kier molecular flexibility index (Phi) is 6.96. The molecule has 31 heavy (non-hydrogen) atoms. The van der Waals surface area contributed by atoms with Gasteiger partial charge in [0.25, 0.3) is 0 Å². The smallest absolute Gasteiger partial charge is 0.235 e. The molecular formula is C27H36N2O2. The Morgan fingerprint density at radius 1 is 1.10 bits per heavy atom. The highest BCUT2D eigenvalue weighted by molar-refractivity contribution is 5.99. The molecule has 2 aromatic rings. The lowest BCUT2D eigenvalue weighted by Gasteiger charge is -2.33. The minimum Gasteiger partial charge on any atom is -0.492 e. The van der Waals surface area contributed by atoms with Crippen molar-refractivity contribution in [1.29, 1.82) is 0 Å². The number of hydrogen-bond acceptors (Lipinski definition) is 3. The minimum absolute atomic E-state index is 0.114. The van der Waals surface area contributed by atoms with Gasteiger partial charge in [-0.1, -0.05) is 49.1 Å². The quantitative estimate of drug-likeness (QED) is 0.625. The van der Waals surface area contributed by atoms with Crippen LogP contribution in [0, 0.1) is 6.92 Å². The lowest BCUT2D eigenvalue weighted by atomic mass is 9.77. The average Bonchev–Trinajstić information content (AvgIpc) is 3.28. The first-order valence-corrected chi connectivity index (χ1v) is 11.9. The van der Waals surface area contributed by atoms with Crippen LogP contribution in [-0.2, 0) is 10.2 Å². The van der Waals surface area contributed by atoms with Crippen LogP contribution in [0.1, 0.15) is 63.0 Å². The number of nitrogens with zero attached hydrogens (tertiary/aromatic N) is 1. The number of rotatable bonds is 7. The number of amides is 1. The second kappa shape index (κ2) is 9.86. The van der Waals surface area contributed by atoms with Crippen molar-refractivity contribution in [3.63, 3.8) is 0 Å². The fourth-order valence-corrected chi connectivity index (χ4v) is 5.22. The van der Waals surface area contributed by atoms with Gasteiger partial charge in [0, 0.05) is 18.3 Å². The number of piperidine rings is 1. The molecule has 1 saturated heterocycles. The van der Waals surface area contributed by atoms with E-state index >= 15 is 0 Å². The van der Waals surface area contributed by atoms with Crippen molar-refractivity contribution in [2.45, 2.75) is 70.3 Å². The lowest BCUT2D eigenvalue weighted by molar-refractivity contribution is -0.121. The van der Waals surface area contributed by atoms with Crippen LogP contribution in [0.3, 0.4) is 0 Å². The third-order valence-electron chi connectivity index (χ3n) is 7.16. The zero-order chi connectivity index (χ0) is 21.7. The molecule has 1 saturated carbocycles. The highest BCUT2D eigenvalue weighted by Gasteiger charge is 2.42. The minimum atomic E-state index is -0.410. The van der Waals surface area contributed by atoms with Gasteiger partial charge in [-0.2, -0.15) is 0 Å². The van der Waals surface area contributed by atoms with E-state index in [0.29, 0.717) is 12.6 Å². The molecule has 1 amide bonds. The Labute approximate surface area is 187 Å². The van der Waals surface area contributed by atoms with E-state index in [9.17, 15) is 4.79 Å². The Morgan fingerprint density at radius 3 is 2.58 bits per heavy atom. The second-order valence-corrected chi connectivity index (χ2v) is 9.37. The van der Waals surface area contributed by atoms with Gasteiger partial charge in [0.1, 0.15) is 12.4 Å². The van der Waals surface area contributed by atoms with Crippen LogP contribution in [0.4, 0.5) is 5.69 Å². The summed E-state index contributed by atoms with van der Waals surface area (Å²) in [5, 5.41) is 3.18. The molecule has 0 spiro atoms. The predicted octanol–water partition coefficient (Wildman–Crippen LogP) is 5.70. The van der Waals surface area contributed by atoms with Gasteiger partial charge in [-0.25, -0.2) is 0 Å². The average molecular weight is 421 g/mol. The van der Waals surface area contributed by atoms with Gasteiger partial charge in [0.05, 0.1) is 5.41 Å². The van der Waals surface area contributed by atoms with Gasteiger partial charge >= 0.3 is 0 Å². The number of hydrogen-bond donors (Lipinski definition) is 1. The van der Waals surface area contributed by atoms with Crippen molar-refractivity contribution in [3.8, 4) is 5.75 Å². The topological polar surface area (TPSA) is 41.6 Å². The van der Waals surface area contributed by atoms with Crippen LogP contribution in [0.5, 0.6) is 5.75 Å². The molecule has 0 radical (unpaired) electrons. The summed E-state index contributed by atoms with van der Waals surface area (Å²) < 4.78 is 5.96.